The minimum absolute atomic E-state index is 0.0801. The average molecular weight is 283 g/mol. The van der Waals surface area contributed by atoms with Crippen molar-refractivity contribution >= 4 is 11.5 Å². The van der Waals surface area contributed by atoms with Gasteiger partial charge in [0.05, 0.1) is 12.6 Å². The fourth-order valence-electron chi connectivity index (χ4n) is 2.22. The standard InChI is InChI=1S/C18H21NO2/c1-18(2,19(3)15-8-6-5-7-9-15)17(20)14-10-12-16(21-4)13-11-14/h5-13H,1-4H3. The number of Topliss-reactive ketones (excluding diaryl/α,β-unsaturated/α-hetero) is 1. The molecule has 21 heavy (non-hydrogen) atoms. The Bertz CT molecular complexity index is 603. The Morgan fingerprint density at radius 1 is 1.00 bits per heavy atom. The zero-order valence-corrected chi connectivity index (χ0v) is 13.0. The molecule has 2 aromatic carbocycles. The third-order valence-corrected chi connectivity index (χ3v) is 3.89. The second-order valence-corrected chi connectivity index (χ2v) is 5.51. The highest BCUT2D eigenvalue weighted by molar-refractivity contribution is 6.04. The van der Waals surface area contributed by atoms with Crippen LogP contribution in [0, 0.1) is 0 Å². The number of rotatable bonds is 5. The molecular formula is C18H21NO2. The summed E-state index contributed by atoms with van der Waals surface area (Å²) in [6.45, 7) is 3.87. The van der Waals surface area contributed by atoms with E-state index in [2.05, 4.69) is 0 Å². The van der Waals surface area contributed by atoms with Crippen molar-refractivity contribution in [2.75, 3.05) is 19.1 Å². The van der Waals surface area contributed by atoms with Crippen molar-refractivity contribution in [3.63, 3.8) is 0 Å². The number of hydrogen-bond acceptors (Lipinski definition) is 3. The second-order valence-electron chi connectivity index (χ2n) is 5.51. The van der Waals surface area contributed by atoms with Crippen LogP contribution >= 0.6 is 0 Å². The summed E-state index contributed by atoms with van der Waals surface area (Å²) in [5.74, 6) is 0.831. The van der Waals surface area contributed by atoms with Gasteiger partial charge < -0.3 is 9.64 Å². The number of ketones is 1. The van der Waals surface area contributed by atoms with E-state index in [0.717, 1.165) is 11.4 Å². The van der Waals surface area contributed by atoms with Gasteiger partial charge in [0, 0.05) is 18.3 Å². The van der Waals surface area contributed by atoms with Crippen molar-refractivity contribution < 1.29 is 9.53 Å². The van der Waals surface area contributed by atoms with Crippen LogP contribution in [0.15, 0.2) is 54.6 Å². The average Bonchev–Trinajstić information content (AvgIpc) is 2.54. The Hall–Kier alpha value is -2.29. The van der Waals surface area contributed by atoms with E-state index in [1.165, 1.54) is 0 Å². The highest BCUT2D eigenvalue weighted by Gasteiger charge is 2.33. The van der Waals surface area contributed by atoms with Crippen LogP contribution in [0.5, 0.6) is 5.75 Å². The molecule has 0 fully saturated rings. The quantitative estimate of drug-likeness (QED) is 0.782. The number of nitrogens with zero attached hydrogens (tertiary/aromatic N) is 1. The number of ether oxygens (including phenoxy) is 1. The van der Waals surface area contributed by atoms with Gasteiger partial charge in [-0.2, -0.15) is 0 Å². The monoisotopic (exact) mass is 283 g/mol. The first kappa shape index (κ1) is 15.1. The maximum Gasteiger partial charge on any atom is 0.187 e. The van der Waals surface area contributed by atoms with Gasteiger partial charge in [0.25, 0.3) is 0 Å². The summed E-state index contributed by atoms with van der Waals surface area (Å²) in [6.07, 6.45) is 0. The van der Waals surface area contributed by atoms with E-state index >= 15 is 0 Å². The fraction of sp³-hybridized carbons (Fsp3) is 0.278. The second kappa shape index (κ2) is 6.00. The molecule has 3 nitrogen and oxygen atoms in total. The van der Waals surface area contributed by atoms with Crippen molar-refractivity contribution in [1.82, 2.24) is 0 Å². The Balaban J connectivity index is 2.27. The summed E-state index contributed by atoms with van der Waals surface area (Å²) < 4.78 is 5.13. The van der Waals surface area contributed by atoms with Gasteiger partial charge in [0.1, 0.15) is 5.75 Å². The lowest BCUT2D eigenvalue weighted by molar-refractivity contribution is 0.0910. The molecule has 0 aromatic heterocycles. The third-order valence-electron chi connectivity index (χ3n) is 3.89. The zero-order valence-electron chi connectivity index (χ0n) is 13.0. The minimum Gasteiger partial charge on any atom is -0.497 e. The molecule has 0 aliphatic rings. The number of benzene rings is 2. The number of carbonyl (C=O) groups is 1. The molecule has 0 spiro atoms. The predicted molar refractivity (Wildman–Crippen MR) is 86.2 cm³/mol. The van der Waals surface area contributed by atoms with Gasteiger partial charge in [0.2, 0.25) is 0 Å². The number of likely N-dealkylation sites (N-methyl/N-ethyl adjacent to an activating group) is 1. The number of carbonyl (C=O) groups excluding carboxylic acids is 1. The Labute approximate surface area is 126 Å². The van der Waals surface area contributed by atoms with Gasteiger partial charge in [-0.05, 0) is 50.2 Å². The molecule has 2 rings (SSSR count). The number of hydrogen-bond donors (Lipinski definition) is 0. The molecular weight excluding hydrogens is 262 g/mol. The summed E-state index contributed by atoms with van der Waals surface area (Å²) >= 11 is 0. The highest BCUT2D eigenvalue weighted by Crippen LogP contribution is 2.26. The van der Waals surface area contributed by atoms with E-state index in [1.54, 1.807) is 7.11 Å². The lowest BCUT2D eigenvalue weighted by atomic mass is 9.91. The lowest BCUT2D eigenvalue weighted by Crippen LogP contribution is -2.48. The molecule has 0 heterocycles. The first-order valence-corrected chi connectivity index (χ1v) is 6.94. The zero-order chi connectivity index (χ0) is 15.5. The molecule has 0 N–H and O–H groups in total. The smallest absolute Gasteiger partial charge is 0.187 e. The molecule has 3 heteroatoms. The fourth-order valence-corrected chi connectivity index (χ4v) is 2.22. The predicted octanol–water partition coefficient (Wildman–Crippen LogP) is 3.79. The first-order chi connectivity index (χ1) is 9.96. The van der Waals surface area contributed by atoms with E-state index in [-0.39, 0.29) is 5.78 Å². The first-order valence-electron chi connectivity index (χ1n) is 6.94. The molecule has 0 saturated heterocycles. The molecule has 110 valence electrons. The van der Waals surface area contributed by atoms with Crippen molar-refractivity contribution in [2.45, 2.75) is 19.4 Å². The summed E-state index contributed by atoms with van der Waals surface area (Å²) in [4.78, 5) is 14.8. The van der Waals surface area contributed by atoms with Crippen LogP contribution in [-0.2, 0) is 0 Å². The van der Waals surface area contributed by atoms with E-state index in [1.807, 2.05) is 80.4 Å². The highest BCUT2D eigenvalue weighted by atomic mass is 16.5. The maximum atomic E-state index is 12.8. The molecule has 0 aliphatic carbocycles. The topological polar surface area (TPSA) is 29.5 Å². The summed E-state index contributed by atoms with van der Waals surface area (Å²) in [7, 11) is 3.56. The molecule has 0 atom stereocenters. The van der Waals surface area contributed by atoms with Crippen molar-refractivity contribution in [3.05, 3.63) is 60.2 Å². The van der Waals surface area contributed by atoms with Crippen LogP contribution in [-0.4, -0.2) is 25.5 Å². The number of anilines is 1. The molecule has 0 saturated carbocycles. The third kappa shape index (κ3) is 3.07. The largest absolute Gasteiger partial charge is 0.497 e. The minimum atomic E-state index is -0.629. The Morgan fingerprint density at radius 2 is 1.57 bits per heavy atom. The van der Waals surface area contributed by atoms with Gasteiger partial charge in [-0.15, -0.1) is 0 Å². The number of methoxy groups -OCH3 is 1. The lowest BCUT2D eigenvalue weighted by Gasteiger charge is -2.36. The summed E-state index contributed by atoms with van der Waals surface area (Å²) in [5.41, 5.74) is 1.07. The maximum absolute atomic E-state index is 12.8. The molecule has 0 bridgehead atoms. The Morgan fingerprint density at radius 3 is 2.10 bits per heavy atom. The van der Waals surface area contributed by atoms with Crippen LogP contribution in [0.1, 0.15) is 24.2 Å². The van der Waals surface area contributed by atoms with Crippen LogP contribution in [0.4, 0.5) is 5.69 Å². The van der Waals surface area contributed by atoms with Gasteiger partial charge >= 0.3 is 0 Å². The van der Waals surface area contributed by atoms with Gasteiger partial charge in [-0.25, -0.2) is 0 Å². The van der Waals surface area contributed by atoms with E-state index in [0.29, 0.717) is 5.56 Å². The van der Waals surface area contributed by atoms with Gasteiger partial charge in [0.15, 0.2) is 5.78 Å². The van der Waals surface area contributed by atoms with Crippen LogP contribution in [0.2, 0.25) is 0 Å². The summed E-state index contributed by atoms with van der Waals surface area (Å²) in [5, 5.41) is 0. The van der Waals surface area contributed by atoms with Gasteiger partial charge in [-0.1, -0.05) is 18.2 Å². The molecule has 0 unspecified atom stereocenters. The number of para-hydroxylation sites is 1. The van der Waals surface area contributed by atoms with E-state index in [4.69, 9.17) is 4.74 Å². The van der Waals surface area contributed by atoms with Crippen molar-refractivity contribution in [2.24, 2.45) is 0 Å². The SMILES string of the molecule is COc1ccc(C(=O)C(C)(C)N(C)c2ccccc2)cc1. The van der Waals surface area contributed by atoms with Crippen molar-refractivity contribution in [3.8, 4) is 5.75 Å². The van der Waals surface area contributed by atoms with Gasteiger partial charge in [-0.3, -0.25) is 4.79 Å². The van der Waals surface area contributed by atoms with Crippen molar-refractivity contribution in [1.29, 1.82) is 0 Å². The van der Waals surface area contributed by atoms with E-state index < -0.39 is 5.54 Å². The van der Waals surface area contributed by atoms with Crippen LogP contribution in [0.3, 0.4) is 0 Å². The van der Waals surface area contributed by atoms with E-state index in [9.17, 15) is 4.79 Å². The Kier molecular flexibility index (Phi) is 4.32. The molecule has 0 aliphatic heterocycles. The summed E-state index contributed by atoms with van der Waals surface area (Å²) in [6, 6.07) is 17.2. The normalized spacial score (nSPS) is 11.0. The van der Waals surface area contributed by atoms with Crippen LogP contribution in [0.25, 0.3) is 0 Å². The molecule has 0 radical (unpaired) electrons. The molecule has 0 amide bonds. The van der Waals surface area contributed by atoms with Crippen LogP contribution < -0.4 is 9.64 Å². The molecule has 2 aromatic rings.